The Morgan fingerprint density at radius 2 is 1.79 bits per heavy atom. The SMILES string of the molecule is FC(F)(F)CN(CCBr)c1nccc(C(F)(F)F)n1. The van der Waals surface area contributed by atoms with Crippen LogP contribution in [0.4, 0.5) is 32.3 Å². The maximum absolute atomic E-state index is 12.4. The van der Waals surface area contributed by atoms with Gasteiger partial charge in [-0.3, -0.25) is 0 Å². The number of hydrogen-bond acceptors (Lipinski definition) is 3. The van der Waals surface area contributed by atoms with E-state index >= 15 is 0 Å². The van der Waals surface area contributed by atoms with Crippen molar-refractivity contribution >= 4 is 21.9 Å². The zero-order chi connectivity index (χ0) is 14.7. The number of anilines is 1. The van der Waals surface area contributed by atoms with Gasteiger partial charge in [0.15, 0.2) is 0 Å². The molecule has 0 N–H and O–H groups in total. The average Bonchev–Trinajstić information content (AvgIpc) is 2.26. The molecule has 0 aliphatic heterocycles. The third-order valence-electron chi connectivity index (χ3n) is 1.94. The number of rotatable bonds is 4. The summed E-state index contributed by atoms with van der Waals surface area (Å²) >= 11 is 2.93. The number of nitrogens with zero attached hydrogens (tertiary/aromatic N) is 3. The van der Waals surface area contributed by atoms with E-state index in [4.69, 9.17) is 0 Å². The second kappa shape index (κ2) is 5.93. The van der Waals surface area contributed by atoms with Crippen molar-refractivity contribution < 1.29 is 26.3 Å². The smallest absolute Gasteiger partial charge is 0.331 e. The van der Waals surface area contributed by atoms with Gasteiger partial charge in [-0.2, -0.15) is 26.3 Å². The molecule has 0 spiro atoms. The molecule has 19 heavy (non-hydrogen) atoms. The van der Waals surface area contributed by atoms with Crippen molar-refractivity contribution in [1.82, 2.24) is 9.97 Å². The van der Waals surface area contributed by atoms with E-state index in [9.17, 15) is 26.3 Å². The molecule has 0 atom stereocenters. The van der Waals surface area contributed by atoms with Gasteiger partial charge < -0.3 is 4.90 Å². The zero-order valence-electron chi connectivity index (χ0n) is 9.26. The number of halogens is 7. The highest BCUT2D eigenvalue weighted by Gasteiger charge is 2.35. The topological polar surface area (TPSA) is 29.0 Å². The Kier molecular flexibility index (Phi) is 4.99. The minimum absolute atomic E-state index is 0.142. The van der Waals surface area contributed by atoms with Crippen LogP contribution in [-0.4, -0.2) is 34.6 Å². The molecule has 0 amide bonds. The van der Waals surface area contributed by atoms with E-state index in [2.05, 4.69) is 25.9 Å². The first-order chi connectivity index (χ1) is 8.63. The summed E-state index contributed by atoms with van der Waals surface area (Å²) < 4.78 is 74.2. The lowest BCUT2D eigenvalue weighted by molar-refractivity contribution is -0.141. The molecule has 0 aliphatic rings. The van der Waals surface area contributed by atoms with Gasteiger partial charge in [-0.15, -0.1) is 0 Å². The molecule has 1 rings (SSSR count). The molecule has 0 saturated heterocycles. The highest BCUT2D eigenvalue weighted by Crippen LogP contribution is 2.28. The number of alkyl halides is 7. The van der Waals surface area contributed by atoms with E-state index in [0.29, 0.717) is 11.0 Å². The maximum atomic E-state index is 12.4. The van der Waals surface area contributed by atoms with Crippen molar-refractivity contribution in [1.29, 1.82) is 0 Å². The van der Waals surface area contributed by atoms with Gasteiger partial charge in [-0.1, -0.05) is 15.9 Å². The van der Waals surface area contributed by atoms with Gasteiger partial charge in [0.05, 0.1) is 0 Å². The van der Waals surface area contributed by atoms with Crippen LogP contribution in [0.2, 0.25) is 0 Å². The Balaban J connectivity index is 3.03. The molecule has 0 radical (unpaired) electrons. The van der Waals surface area contributed by atoms with Crippen LogP contribution in [0.25, 0.3) is 0 Å². The van der Waals surface area contributed by atoms with Crippen molar-refractivity contribution in [2.75, 3.05) is 23.3 Å². The highest BCUT2D eigenvalue weighted by molar-refractivity contribution is 9.09. The van der Waals surface area contributed by atoms with Crippen molar-refractivity contribution in [2.45, 2.75) is 12.4 Å². The first kappa shape index (κ1) is 16.0. The second-order valence-corrected chi connectivity index (χ2v) is 4.26. The normalized spacial score (nSPS) is 12.6. The standard InChI is InChI=1S/C9H8BrF6N3/c10-2-4-19(5-8(11,12)13)7-17-3-1-6(18-7)9(14,15)16/h1,3H,2,4-5H2. The van der Waals surface area contributed by atoms with Gasteiger partial charge in [0, 0.05) is 18.1 Å². The summed E-state index contributed by atoms with van der Waals surface area (Å²) in [6.45, 7) is -1.58. The van der Waals surface area contributed by atoms with Crippen LogP contribution >= 0.6 is 15.9 Å². The third kappa shape index (κ3) is 5.21. The van der Waals surface area contributed by atoms with Crippen LogP contribution in [0, 0.1) is 0 Å². The van der Waals surface area contributed by atoms with E-state index in [1.807, 2.05) is 0 Å². The molecule has 1 aromatic heterocycles. The highest BCUT2D eigenvalue weighted by atomic mass is 79.9. The van der Waals surface area contributed by atoms with Gasteiger partial charge in [-0.05, 0) is 6.07 Å². The van der Waals surface area contributed by atoms with Crippen LogP contribution in [0.15, 0.2) is 12.3 Å². The fraction of sp³-hybridized carbons (Fsp3) is 0.556. The Hall–Kier alpha value is -1.06. The minimum Gasteiger partial charge on any atom is -0.331 e. The van der Waals surface area contributed by atoms with Crippen molar-refractivity contribution in [3.63, 3.8) is 0 Å². The zero-order valence-corrected chi connectivity index (χ0v) is 10.8. The molecular weight excluding hydrogens is 344 g/mol. The lowest BCUT2D eigenvalue weighted by atomic mass is 10.4. The lowest BCUT2D eigenvalue weighted by Crippen LogP contribution is -2.37. The predicted molar refractivity (Wildman–Crippen MR) is 59.1 cm³/mol. The van der Waals surface area contributed by atoms with Gasteiger partial charge >= 0.3 is 12.4 Å². The Morgan fingerprint density at radius 3 is 2.26 bits per heavy atom. The minimum atomic E-state index is -4.73. The molecule has 0 unspecified atom stereocenters. The molecule has 0 saturated carbocycles. The molecule has 0 aliphatic carbocycles. The molecule has 3 nitrogen and oxygen atoms in total. The molecule has 108 valence electrons. The monoisotopic (exact) mass is 351 g/mol. The molecule has 0 bridgehead atoms. The van der Waals surface area contributed by atoms with Crippen LogP contribution in [-0.2, 0) is 6.18 Å². The second-order valence-electron chi connectivity index (χ2n) is 3.47. The fourth-order valence-corrected chi connectivity index (χ4v) is 1.65. The van der Waals surface area contributed by atoms with Gasteiger partial charge in [0.1, 0.15) is 12.2 Å². The Labute approximate surface area is 112 Å². The van der Waals surface area contributed by atoms with Gasteiger partial charge in [0.2, 0.25) is 5.95 Å². The molecular formula is C9H8BrF6N3. The molecule has 10 heteroatoms. The summed E-state index contributed by atoms with van der Waals surface area (Å²) in [5.74, 6) is -0.605. The van der Waals surface area contributed by atoms with E-state index in [0.717, 1.165) is 6.20 Å². The van der Waals surface area contributed by atoms with Gasteiger partial charge in [0.25, 0.3) is 0 Å². The summed E-state index contributed by atoms with van der Waals surface area (Å²) in [5, 5.41) is 0.142. The summed E-state index contributed by atoms with van der Waals surface area (Å²) in [6.07, 6.45) is -8.50. The lowest BCUT2D eigenvalue weighted by Gasteiger charge is -2.23. The molecule has 1 aromatic rings. The van der Waals surface area contributed by atoms with Crippen LogP contribution in [0.3, 0.4) is 0 Å². The maximum Gasteiger partial charge on any atom is 0.433 e. The van der Waals surface area contributed by atoms with Crippen molar-refractivity contribution in [3.05, 3.63) is 18.0 Å². The van der Waals surface area contributed by atoms with E-state index in [1.165, 1.54) is 0 Å². The molecule has 0 fully saturated rings. The van der Waals surface area contributed by atoms with Crippen molar-refractivity contribution in [2.24, 2.45) is 0 Å². The first-order valence-corrected chi connectivity index (χ1v) is 6.03. The summed E-state index contributed by atoms with van der Waals surface area (Å²) in [5.41, 5.74) is -1.28. The fourth-order valence-electron chi connectivity index (χ4n) is 1.23. The number of hydrogen-bond donors (Lipinski definition) is 0. The summed E-state index contributed by atoms with van der Waals surface area (Å²) in [6, 6.07) is 0.601. The van der Waals surface area contributed by atoms with Crippen LogP contribution in [0.1, 0.15) is 5.69 Å². The largest absolute Gasteiger partial charge is 0.433 e. The van der Waals surface area contributed by atoms with E-state index < -0.39 is 30.5 Å². The quantitative estimate of drug-likeness (QED) is 0.615. The average molecular weight is 352 g/mol. The molecule has 1 heterocycles. The summed E-state index contributed by atoms with van der Waals surface area (Å²) in [4.78, 5) is 7.20. The number of aromatic nitrogens is 2. The van der Waals surface area contributed by atoms with Crippen LogP contribution < -0.4 is 4.90 Å². The predicted octanol–water partition coefficient (Wildman–Crippen LogP) is 3.26. The van der Waals surface area contributed by atoms with E-state index in [1.54, 1.807) is 0 Å². The first-order valence-electron chi connectivity index (χ1n) is 4.91. The Bertz CT molecular complexity index is 419. The Morgan fingerprint density at radius 1 is 1.16 bits per heavy atom. The third-order valence-corrected chi connectivity index (χ3v) is 2.30. The molecule has 0 aromatic carbocycles. The summed E-state index contributed by atoms with van der Waals surface area (Å²) in [7, 11) is 0. The van der Waals surface area contributed by atoms with Crippen LogP contribution in [0.5, 0.6) is 0 Å². The van der Waals surface area contributed by atoms with Crippen molar-refractivity contribution in [3.8, 4) is 0 Å². The van der Waals surface area contributed by atoms with E-state index in [-0.39, 0.29) is 11.9 Å². The van der Waals surface area contributed by atoms with Gasteiger partial charge in [-0.25, -0.2) is 9.97 Å².